The molecule has 2 saturated heterocycles. The predicted molar refractivity (Wildman–Crippen MR) is 108 cm³/mol. The van der Waals surface area contributed by atoms with E-state index in [1.165, 1.54) is 11.1 Å². The molecular weight excluding hydrogens is 382 g/mol. The molecule has 0 radical (unpaired) electrons. The van der Waals surface area contributed by atoms with Gasteiger partial charge in [0.2, 0.25) is 0 Å². The van der Waals surface area contributed by atoms with Gasteiger partial charge >= 0.3 is 0 Å². The summed E-state index contributed by atoms with van der Waals surface area (Å²) in [6.45, 7) is 5.62. The maximum atomic E-state index is 10.8. The summed E-state index contributed by atoms with van der Waals surface area (Å²) in [5.74, 6) is 1.77. The van der Waals surface area contributed by atoms with Gasteiger partial charge in [-0.15, -0.1) is 0 Å². The monoisotopic (exact) mass is 409 g/mol. The molecule has 30 heavy (non-hydrogen) atoms. The molecule has 1 spiro atoms. The summed E-state index contributed by atoms with van der Waals surface area (Å²) in [6.07, 6.45) is 7.06. The number of rotatable bonds is 4. The van der Waals surface area contributed by atoms with Crippen molar-refractivity contribution in [3.8, 4) is 17.7 Å². The van der Waals surface area contributed by atoms with Crippen LogP contribution in [0.3, 0.4) is 0 Å². The molecule has 5 atom stereocenters. The van der Waals surface area contributed by atoms with Gasteiger partial charge in [-0.2, -0.15) is 5.26 Å². The Labute approximate surface area is 176 Å². The normalized spacial score (nSPS) is 36.1. The fourth-order valence-corrected chi connectivity index (χ4v) is 6.39. The molecule has 7 heteroatoms. The van der Waals surface area contributed by atoms with Crippen molar-refractivity contribution in [3.63, 3.8) is 0 Å². The molecule has 5 aliphatic rings. The van der Waals surface area contributed by atoms with Crippen LogP contribution in [0.2, 0.25) is 0 Å². The van der Waals surface area contributed by atoms with E-state index in [1.807, 2.05) is 17.0 Å². The third kappa shape index (κ3) is 2.48. The first-order chi connectivity index (χ1) is 14.7. The van der Waals surface area contributed by atoms with E-state index in [0.717, 1.165) is 57.2 Å². The Morgan fingerprint density at radius 3 is 2.93 bits per heavy atom. The van der Waals surface area contributed by atoms with Crippen molar-refractivity contribution in [1.29, 1.82) is 5.26 Å². The van der Waals surface area contributed by atoms with Crippen LogP contribution in [-0.4, -0.2) is 79.2 Å². The SMILES string of the molecule is N#CN1CC[C@]23c4c5ccc(OCCN6CCOCC6)c4O[C@H]2[C@@H](O)C=C[C@H]3[C@H]1C5. The van der Waals surface area contributed by atoms with Gasteiger partial charge in [0.05, 0.1) is 19.3 Å². The minimum atomic E-state index is -0.643. The first kappa shape index (κ1) is 18.5. The molecule has 158 valence electrons. The highest BCUT2D eigenvalue weighted by Crippen LogP contribution is 2.62. The average molecular weight is 409 g/mol. The number of benzene rings is 1. The van der Waals surface area contributed by atoms with E-state index < -0.39 is 6.10 Å². The van der Waals surface area contributed by atoms with Gasteiger partial charge in [-0.05, 0) is 24.5 Å². The molecule has 1 aromatic carbocycles. The summed E-state index contributed by atoms with van der Waals surface area (Å²) in [5.41, 5.74) is 2.19. The van der Waals surface area contributed by atoms with E-state index in [9.17, 15) is 10.4 Å². The highest BCUT2D eigenvalue weighted by Gasteiger charge is 2.64. The highest BCUT2D eigenvalue weighted by molar-refractivity contribution is 5.62. The maximum Gasteiger partial charge on any atom is 0.179 e. The number of aliphatic hydroxyl groups excluding tert-OH is 1. The molecule has 1 N–H and O–H groups in total. The number of aliphatic hydroxyl groups is 1. The lowest BCUT2D eigenvalue weighted by molar-refractivity contribution is -0.0389. The van der Waals surface area contributed by atoms with Gasteiger partial charge < -0.3 is 24.2 Å². The summed E-state index contributed by atoms with van der Waals surface area (Å²) < 4.78 is 18.1. The minimum absolute atomic E-state index is 0.130. The molecule has 0 amide bonds. The van der Waals surface area contributed by atoms with Crippen molar-refractivity contribution < 1.29 is 19.3 Å². The summed E-state index contributed by atoms with van der Waals surface area (Å²) in [4.78, 5) is 4.27. The smallest absolute Gasteiger partial charge is 0.179 e. The molecule has 0 aromatic heterocycles. The second-order valence-electron chi connectivity index (χ2n) is 9.02. The second kappa shape index (κ2) is 6.88. The Morgan fingerprint density at radius 2 is 2.10 bits per heavy atom. The van der Waals surface area contributed by atoms with Crippen LogP contribution in [0.1, 0.15) is 17.5 Å². The first-order valence-electron chi connectivity index (χ1n) is 11.0. The maximum absolute atomic E-state index is 10.8. The van der Waals surface area contributed by atoms with Crippen LogP contribution in [0.25, 0.3) is 0 Å². The first-order valence-corrected chi connectivity index (χ1v) is 11.0. The zero-order valence-electron chi connectivity index (χ0n) is 17.0. The number of nitriles is 1. The van der Waals surface area contributed by atoms with Gasteiger partial charge in [-0.1, -0.05) is 18.2 Å². The molecule has 3 heterocycles. The highest BCUT2D eigenvalue weighted by atomic mass is 16.5. The second-order valence-corrected chi connectivity index (χ2v) is 9.02. The van der Waals surface area contributed by atoms with Crippen LogP contribution < -0.4 is 9.47 Å². The Kier molecular flexibility index (Phi) is 4.24. The van der Waals surface area contributed by atoms with E-state index in [0.29, 0.717) is 13.2 Å². The number of hydrogen-bond donors (Lipinski definition) is 1. The van der Waals surface area contributed by atoms with E-state index in [4.69, 9.17) is 14.2 Å². The number of piperidine rings is 1. The minimum Gasteiger partial charge on any atom is -0.488 e. The largest absolute Gasteiger partial charge is 0.488 e. The molecule has 1 aromatic rings. The average Bonchev–Trinajstić information content (AvgIpc) is 3.12. The third-order valence-electron chi connectivity index (χ3n) is 7.75. The molecular formula is C23H27N3O4. The lowest BCUT2D eigenvalue weighted by atomic mass is 9.53. The molecule has 0 unspecified atom stereocenters. The quantitative estimate of drug-likeness (QED) is 0.588. The van der Waals surface area contributed by atoms with Crippen LogP contribution in [0.4, 0.5) is 0 Å². The fourth-order valence-electron chi connectivity index (χ4n) is 6.39. The van der Waals surface area contributed by atoms with E-state index in [1.54, 1.807) is 0 Å². The van der Waals surface area contributed by atoms with Crippen LogP contribution in [0.5, 0.6) is 11.5 Å². The lowest BCUT2D eigenvalue weighted by Gasteiger charge is -2.55. The van der Waals surface area contributed by atoms with Gasteiger partial charge in [0.1, 0.15) is 18.8 Å². The Hall–Kier alpha value is -2.27. The zero-order valence-corrected chi connectivity index (χ0v) is 17.0. The molecule has 2 bridgehead atoms. The number of hydrogen-bond acceptors (Lipinski definition) is 7. The number of nitrogens with zero attached hydrogens (tertiary/aromatic N) is 3. The van der Waals surface area contributed by atoms with Gasteiger partial charge in [0.15, 0.2) is 17.7 Å². The van der Waals surface area contributed by atoms with Crippen LogP contribution in [0.15, 0.2) is 24.3 Å². The fraction of sp³-hybridized carbons (Fsp3) is 0.609. The van der Waals surface area contributed by atoms with E-state index >= 15 is 0 Å². The number of likely N-dealkylation sites (tertiary alicyclic amines) is 1. The van der Waals surface area contributed by atoms with E-state index in [2.05, 4.69) is 23.2 Å². The van der Waals surface area contributed by atoms with Gasteiger partial charge in [0.25, 0.3) is 0 Å². The zero-order chi connectivity index (χ0) is 20.3. The molecule has 2 fully saturated rings. The molecule has 6 rings (SSSR count). The molecule has 7 nitrogen and oxygen atoms in total. The van der Waals surface area contributed by atoms with Crippen molar-refractivity contribution >= 4 is 0 Å². The lowest BCUT2D eigenvalue weighted by Crippen LogP contribution is -2.64. The van der Waals surface area contributed by atoms with Gasteiger partial charge in [-0.25, -0.2) is 0 Å². The van der Waals surface area contributed by atoms with Crippen molar-refractivity contribution in [3.05, 3.63) is 35.4 Å². The Balaban J connectivity index is 1.34. The van der Waals surface area contributed by atoms with Crippen molar-refractivity contribution in [2.75, 3.05) is 46.0 Å². The van der Waals surface area contributed by atoms with Crippen LogP contribution in [-0.2, 0) is 16.6 Å². The molecule has 2 aliphatic carbocycles. The Morgan fingerprint density at radius 1 is 1.23 bits per heavy atom. The Bertz CT molecular complexity index is 922. The summed E-state index contributed by atoms with van der Waals surface area (Å²) >= 11 is 0. The summed E-state index contributed by atoms with van der Waals surface area (Å²) in [5, 5.41) is 20.5. The summed E-state index contributed by atoms with van der Waals surface area (Å²) in [6, 6.07) is 4.28. The van der Waals surface area contributed by atoms with Gasteiger partial charge in [-0.3, -0.25) is 4.90 Å². The number of ether oxygens (including phenoxy) is 3. The topological polar surface area (TPSA) is 78.2 Å². The third-order valence-corrected chi connectivity index (χ3v) is 7.75. The van der Waals surface area contributed by atoms with Crippen molar-refractivity contribution in [1.82, 2.24) is 9.80 Å². The van der Waals surface area contributed by atoms with Crippen molar-refractivity contribution in [2.24, 2.45) is 5.92 Å². The van der Waals surface area contributed by atoms with E-state index in [-0.39, 0.29) is 23.5 Å². The molecule has 3 aliphatic heterocycles. The predicted octanol–water partition coefficient (Wildman–Crippen LogP) is 1.05. The van der Waals surface area contributed by atoms with Gasteiger partial charge in [0, 0.05) is 43.1 Å². The van der Waals surface area contributed by atoms with Crippen LogP contribution >= 0.6 is 0 Å². The van der Waals surface area contributed by atoms with Crippen molar-refractivity contribution in [2.45, 2.75) is 36.5 Å². The molecule has 0 saturated carbocycles. The standard InChI is InChI=1S/C23H27N3O4/c24-14-26-6-5-23-16-2-3-18(27)22(23)30-21-19(4-1-15(20(21)23)13-17(16)26)29-12-9-25-7-10-28-11-8-25/h1-4,16-18,22,27H,5-13H2/t16-,17+,18-,22-,23-/m0/s1. The summed E-state index contributed by atoms with van der Waals surface area (Å²) in [7, 11) is 0. The number of morpholine rings is 1. The van der Waals surface area contributed by atoms with Crippen LogP contribution in [0, 0.1) is 17.4 Å².